The van der Waals surface area contributed by atoms with Crippen molar-refractivity contribution < 1.29 is 19.1 Å². The van der Waals surface area contributed by atoms with E-state index in [1.54, 1.807) is 22.8 Å². The number of fused-ring (bicyclic) bond motifs is 1. The first kappa shape index (κ1) is 21.0. The van der Waals surface area contributed by atoms with Gasteiger partial charge < -0.3 is 14.5 Å². The Hall–Kier alpha value is -3.26. The molecule has 0 spiro atoms. The van der Waals surface area contributed by atoms with Gasteiger partial charge >= 0.3 is 5.97 Å². The van der Waals surface area contributed by atoms with E-state index in [0.29, 0.717) is 42.3 Å². The number of pyridine rings is 1. The fourth-order valence-corrected chi connectivity index (χ4v) is 4.53. The lowest BCUT2D eigenvalue weighted by atomic mass is 10.0. The third kappa shape index (κ3) is 4.29. The van der Waals surface area contributed by atoms with Crippen molar-refractivity contribution >= 4 is 40.0 Å². The maximum absolute atomic E-state index is 12.7. The molecule has 0 atom stereocenters. The zero-order valence-corrected chi connectivity index (χ0v) is 18.3. The smallest absolute Gasteiger partial charge is 0.340 e. The molecule has 0 aliphatic carbocycles. The van der Waals surface area contributed by atoms with E-state index in [9.17, 15) is 14.4 Å². The van der Waals surface area contributed by atoms with Gasteiger partial charge in [0.1, 0.15) is 0 Å². The quantitative estimate of drug-likeness (QED) is 0.586. The number of carbonyl (C=O) groups excluding carboxylic acids is 3. The Morgan fingerprint density at radius 3 is 2.42 bits per heavy atom. The maximum Gasteiger partial charge on any atom is 0.340 e. The lowest BCUT2D eigenvalue weighted by Crippen LogP contribution is -2.51. The molecule has 0 bridgehead atoms. The molecule has 2 amide bonds. The van der Waals surface area contributed by atoms with Crippen LogP contribution in [0, 0.1) is 13.8 Å². The van der Waals surface area contributed by atoms with Crippen LogP contribution in [0.25, 0.3) is 10.9 Å². The van der Waals surface area contributed by atoms with E-state index >= 15 is 0 Å². The molecule has 1 saturated heterocycles. The minimum Gasteiger partial charge on any atom is -0.452 e. The molecule has 3 heterocycles. The lowest BCUT2D eigenvalue weighted by Gasteiger charge is -2.34. The van der Waals surface area contributed by atoms with E-state index in [-0.39, 0.29) is 18.4 Å². The molecule has 7 nitrogen and oxygen atoms in total. The van der Waals surface area contributed by atoms with E-state index in [2.05, 4.69) is 4.98 Å². The van der Waals surface area contributed by atoms with Crippen LogP contribution in [0.1, 0.15) is 31.3 Å². The van der Waals surface area contributed by atoms with Crippen LogP contribution in [0.5, 0.6) is 0 Å². The van der Waals surface area contributed by atoms with E-state index < -0.39 is 5.97 Å². The van der Waals surface area contributed by atoms with Gasteiger partial charge in [-0.25, -0.2) is 4.79 Å². The van der Waals surface area contributed by atoms with Gasteiger partial charge in [-0.3, -0.25) is 14.6 Å². The largest absolute Gasteiger partial charge is 0.452 e. The Labute approximate surface area is 184 Å². The van der Waals surface area contributed by atoms with Crippen molar-refractivity contribution in [2.24, 2.45) is 0 Å². The molecule has 0 radical (unpaired) electrons. The van der Waals surface area contributed by atoms with Gasteiger partial charge in [0.05, 0.1) is 21.7 Å². The Kier molecular flexibility index (Phi) is 5.99. The molecule has 1 fully saturated rings. The van der Waals surface area contributed by atoms with Gasteiger partial charge in [-0.1, -0.05) is 24.3 Å². The highest BCUT2D eigenvalue weighted by molar-refractivity contribution is 7.12. The fraction of sp³-hybridized carbons (Fsp3) is 0.304. The number of benzene rings is 1. The summed E-state index contributed by atoms with van der Waals surface area (Å²) in [7, 11) is 0. The Balaban J connectivity index is 1.35. The Morgan fingerprint density at radius 1 is 1.00 bits per heavy atom. The van der Waals surface area contributed by atoms with Gasteiger partial charge in [0.2, 0.25) is 0 Å². The highest BCUT2D eigenvalue weighted by Gasteiger charge is 2.26. The number of ether oxygens (including phenoxy) is 1. The molecule has 1 aliphatic heterocycles. The Morgan fingerprint density at radius 2 is 1.71 bits per heavy atom. The van der Waals surface area contributed by atoms with Crippen molar-refractivity contribution in [2.45, 2.75) is 13.8 Å². The van der Waals surface area contributed by atoms with Crippen molar-refractivity contribution in [3.63, 3.8) is 0 Å². The number of carbonyl (C=O) groups is 3. The molecule has 8 heteroatoms. The second kappa shape index (κ2) is 8.85. The van der Waals surface area contributed by atoms with Gasteiger partial charge in [-0.05, 0) is 36.9 Å². The fourth-order valence-electron chi connectivity index (χ4n) is 3.84. The van der Waals surface area contributed by atoms with Crippen molar-refractivity contribution in [1.82, 2.24) is 14.8 Å². The molecule has 0 saturated carbocycles. The third-order valence-electron chi connectivity index (χ3n) is 5.52. The Bertz CT molecular complexity index is 1140. The zero-order chi connectivity index (χ0) is 22.0. The topological polar surface area (TPSA) is 79.8 Å². The van der Waals surface area contributed by atoms with E-state index in [1.165, 1.54) is 11.3 Å². The summed E-state index contributed by atoms with van der Waals surface area (Å²) in [6.07, 6.45) is 0. The van der Waals surface area contributed by atoms with Crippen molar-refractivity contribution in [1.29, 1.82) is 0 Å². The number of rotatable bonds is 4. The number of piperazine rings is 1. The van der Waals surface area contributed by atoms with Gasteiger partial charge in [0.15, 0.2) is 6.61 Å². The first-order chi connectivity index (χ1) is 15.0. The molecule has 31 heavy (non-hydrogen) atoms. The number of hydrogen-bond acceptors (Lipinski definition) is 6. The van der Waals surface area contributed by atoms with Crippen LogP contribution in [0.15, 0.2) is 41.8 Å². The number of hydrogen-bond donors (Lipinski definition) is 0. The zero-order valence-electron chi connectivity index (χ0n) is 17.5. The number of para-hydroxylation sites is 1. The molecule has 1 aromatic carbocycles. The standard InChI is InChI=1S/C23H23N3O4S/c1-15-17-6-3-4-7-18(17)24-16(2)21(15)23(29)30-14-20(27)25-9-11-26(12-10-25)22(28)19-8-5-13-31-19/h3-8,13H,9-12,14H2,1-2H3. The van der Waals surface area contributed by atoms with Crippen LogP contribution in [0.2, 0.25) is 0 Å². The first-order valence-electron chi connectivity index (χ1n) is 10.1. The maximum atomic E-state index is 12.7. The van der Waals surface area contributed by atoms with Crippen LogP contribution in [-0.2, 0) is 9.53 Å². The average molecular weight is 438 g/mol. The molecule has 0 unspecified atom stereocenters. The number of aryl methyl sites for hydroxylation is 2. The number of nitrogens with zero attached hydrogens (tertiary/aromatic N) is 3. The molecule has 4 rings (SSSR count). The molecular formula is C23H23N3O4S. The predicted octanol–water partition coefficient (Wildman–Crippen LogP) is 3.05. The normalized spacial score (nSPS) is 14.0. The number of amides is 2. The minimum atomic E-state index is -0.548. The molecular weight excluding hydrogens is 414 g/mol. The summed E-state index contributed by atoms with van der Waals surface area (Å²) < 4.78 is 5.34. The molecule has 0 N–H and O–H groups in total. The summed E-state index contributed by atoms with van der Waals surface area (Å²) in [6, 6.07) is 11.3. The summed E-state index contributed by atoms with van der Waals surface area (Å²) in [5.74, 6) is -0.822. The summed E-state index contributed by atoms with van der Waals surface area (Å²) in [5.41, 5.74) is 2.59. The van der Waals surface area contributed by atoms with Crippen LogP contribution in [0.3, 0.4) is 0 Å². The van der Waals surface area contributed by atoms with E-state index in [0.717, 1.165) is 16.5 Å². The summed E-state index contributed by atoms with van der Waals surface area (Å²) in [5, 5.41) is 2.76. The van der Waals surface area contributed by atoms with Crippen LogP contribution in [-0.4, -0.2) is 65.4 Å². The van der Waals surface area contributed by atoms with Gasteiger partial charge in [-0.15, -0.1) is 11.3 Å². The minimum absolute atomic E-state index is 0.0109. The third-order valence-corrected chi connectivity index (χ3v) is 6.37. The summed E-state index contributed by atoms with van der Waals surface area (Å²) in [4.78, 5) is 46.2. The number of esters is 1. The predicted molar refractivity (Wildman–Crippen MR) is 118 cm³/mol. The van der Waals surface area contributed by atoms with Crippen molar-refractivity contribution in [2.75, 3.05) is 32.8 Å². The monoisotopic (exact) mass is 437 g/mol. The highest BCUT2D eigenvalue weighted by atomic mass is 32.1. The molecule has 160 valence electrons. The van der Waals surface area contributed by atoms with Crippen molar-refractivity contribution in [3.8, 4) is 0 Å². The van der Waals surface area contributed by atoms with E-state index in [4.69, 9.17) is 4.74 Å². The number of aromatic nitrogens is 1. The second-order valence-electron chi connectivity index (χ2n) is 7.44. The SMILES string of the molecule is Cc1nc2ccccc2c(C)c1C(=O)OCC(=O)N1CCN(C(=O)c2cccs2)CC1. The highest BCUT2D eigenvalue weighted by Crippen LogP contribution is 2.23. The van der Waals surface area contributed by atoms with E-state index in [1.807, 2.05) is 42.6 Å². The van der Waals surface area contributed by atoms with Gasteiger partial charge in [0, 0.05) is 31.6 Å². The summed E-state index contributed by atoms with van der Waals surface area (Å²) >= 11 is 1.41. The van der Waals surface area contributed by atoms with Gasteiger partial charge in [-0.2, -0.15) is 0 Å². The number of thiophene rings is 1. The molecule has 2 aromatic heterocycles. The van der Waals surface area contributed by atoms with Gasteiger partial charge in [0.25, 0.3) is 11.8 Å². The summed E-state index contributed by atoms with van der Waals surface area (Å²) in [6.45, 7) is 5.06. The average Bonchev–Trinajstić information content (AvgIpc) is 3.32. The van der Waals surface area contributed by atoms with Crippen molar-refractivity contribution in [3.05, 3.63) is 63.5 Å². The van der Waals surface area contributed by atoms with Crippen LogP contribution < -0.4 is 0 Å². The first-order valence-corrected chi connectivity index (χ1v) is 11.0. The second-order valence-corrected chi connectivity index (χ2v) is 8.39. The molecule has 1 aliphatic rings. The lowest BCUT2D eigenvalue weighted by molar-refractivity contribution is -0.136. The van der Waals surface area contributed by atoms with Crippen LogP contribution in [0.4, 0.5) is 0 Å². The molecule has 3 aromatic rings. The van der Waals surface area contributed by atoms with Crippen LogP contribution >= 0.6 is 11.3 Å².